The predicted molar refractivity (Wildman–Crippen MR) is 55.7 cm³/mol. The summed E-state index contributed by atoms with van der Waals surface area (Å²) in [6.45, 7) is 4.34. The zero-order valence-corrected chi connectivity index (χ0v) is 8.56. The van der Waals surface area contributed by atoms with Crippen LogP contribution in [0.5, 0.6) is 0 Å². The molecule has 0 unspecified atom stereocenters. The summed E-state index contributed by atoms with van der Waals surface area (Å²) < 4.78 is 5.27. The highest BCUT2D eigenvalue weighted by Gasteiger charge is 2.10. The van der Waals surface area contributed by atoms with Crippen LogP contribution >= 0.6 is 0 Å². The molecule has 1 aromatic heterocycles. The van der Waals surface area contributed by atoms with E-state index in [0.717, 1.165) is 44.8 Å². The van der Waals surface area contributed by atoms with E-state index in [2.05, 4.69) is 9.88 Å². The smallest absolute Gasteiger partial charge is 0.151 e. The second-order valence-electron chi connectivity index (χ2n) is 3.59. The molecular formula is C11H14N2O2. The van der Waals surface area contributed by atoms with Crippen LogP contribution in [0.1, 0.15) is 16.1 Å². The first-order chi connectivity index (χ1) is 7.38. The second kappa shape index (κ2) is 5.00. The summed E-state index contributed by atoms with van der Waals surface area (Å²) in [5.41, 5.74) is 1.63. The average Bonchev–Trinajstić information content (AvgIpc) is 2.31. The van der Waals surface area contributed by atoms with Crippen molar-refractivity contribution < 1.29 is 9.53 Å². The number of hydrogen-bond donors (Lipinski definition) is 0. The summed E-state index contributed by atoms with van der Waals surface area (Å²) >= 11 is 0. The van der Waals surface area contributed by atoms with Crippen LogP contribution in [-0.4, -0.2) is 42.5 Å². The lowest BCUT2D eigenvalue weighted by Crippen LogP contribution is -2.35. The number of rotatable bonds is 3. The van der Waals surface area contributed by atoms with Gasteiger partial charge in [-0.25, -0.2) is 0 Å². The maximum Gasteiger partial charge on any atom is 0.151 e. The van der Waals surface area contributed by atoms with E-state index in [0.29, 0.717) is 5.56 Å². The van der Waals surface area contributed by atoms with Gasteiger partial charge in [0.05, 0.1) is 18.9 Å². The van der Waals surface area contributed by atoms with E-state index in [1.165, 1.54) is 0 Å². The molecule has 2 heterocycles. The lowest BCUT2D eigenvalue weighted by Gasteiger charge is -2.26. The summed E-state index contributed by atoms with van der Waals surface area (Å²) in [4.78, 5) is 17.0. The SMILES string of the molecule is O=Cc1ccc(CN2CCOCC2)nc1. The highest BCUT2D eigenvalue weighted by atomic mass is 16.5. The van der Waals surface area contributed by atoms with Crippen molar-refractivity contribution in [1.82, 2.24) is 9.88 Å². The molecule has 0 aliphatic carbocycles. The van der Waals surface area contributed by atoms with Crippen LogP contribution in [0.15, 0.2) is 18.3 Å². The van der Waals surface area contributed by atoms with Gasteiger partial charge in [-0.2, -0.15) is 0 Å². The molecule has 1 saturated heterocycles. The molecule has 0 N–H and O–H groups in total. The maximum atomic E-state index is 10.4. The van der Waals surface area contributed by atoms with Gasteiger partial charge in [0, 0.05) is 31.4 Å². The largest absolute Gasteiger partial charge is 0.379 e. The van der Waals surface area contributed by atoms with Gasteiger partial charge in [-0.15, -0.1) is 0 Å². The van der Waals surface area contributed by atoms with E-state index in [-0.39, 0.29) is 0 Å². The zero-order valence-electron chi connectivity index (χ0n) is 8.56. The number of carbonyl (C=O) groups excluding carboxylic acids is 1. The van der Waals surface area contributed by atoms with Crippen LogP contribution in [0.25, 0.3) is 0 Å². The molecule has 0 bridgehead atoms. The van der Waals surface area contributed by atoms with Crippen molar-refractivity contribution in [2.24, 2.45) is 0 Å². The molecule has 4 heteroatoms. The van der Waals surface area contributed by atoms with Gasteiger partial charge >= 0.3 is 0 Å². The molecule has 4 nitrogen and oxygen atoms in total. The Morgan fingerprint density at radius 1 is 1.40 bits per heavy atom. The van der Waals surface area contributed by atoms with Crippen LogP contribution in [-0.2, 0) is 11.3 Å². The van der Waals surface area contributed by atoms with Gasteiger partial charge in [0.15, 0.2) is 6.29 Å². The minimum Gasteiger partial charge on any atom is -0.379 e. The van der Waals surface area contributed by atoms with Crippen molar-refractivity contribution in [3.8, 4) is 0 Å². The topological polar surface area (TPSA) is 42.4 Å². The molecule has 2 rings (SSSR count). The molecule has 1 aliphatic rings. The Bertz CT molecular complexity index is 318. The molecule has 80 valence electrons. The van der Waals surface area contributed by atoms with Gasteiger partial charge < -0.3 is 4.74 Å². The summed E-state index contributed by atoms with van der Waals surface area (Å²) in [6, 6.07) is 3.70. The van der Waals surface area contributed by atoms with Gasteiger partial charge in [-0.1, -0.05) is 0 Å². The highest BCUT2D eigenvalue weighted by Crippen LogP contribution is 2.05. The Balaban J connectivity index is 1.94. The van der Waals surface area contributed by atoms with Crippen molar-refractivity contribution in [2.75, 3.05) is 26.3 Å². The monoisotopic (exact) mass is 206 g/mol. The standard InChI is InChI=1S/C11H14N2O2/c14-9-10-1-2-11(12-7-10)8-13-3-5-15-6-4-13/h1-2,7,9H,3-6,8H2. The van der Waals surface area contributed by atoms with Crippen molar-refractivity contribution in [3.05, 3.63) is 29.6 Å². The van der Waals surface area contributed by atoms with E-state index in [9.17, 15) is 4.79 Å². The lowest BCUT2D eigenvalue weighted by atomic mass is 10.2. The summed E-state index contributed by atoms with van der Waals surface area (Å²) in [5.74, 6) is 0. The van der Waals surface area contributed by atoms with Gasteiger partial charge in [-0.3, -0.25) is 14.7 Å². The molecule has 0 radical (unpaired) electrons. The Labute approximate surface area is 88.9 Å². The number of hydrogen-bond acceptors (Lipinski definition) is 4. The first-order valence-corrected chi connectivity index (χ1v) is 5.09. The molecule has 0 atom stereocenters. The van der Waals surface area contributed by atoms with Crippen LogP contribution in [0.3, 0.4) is 0 Å². The average molecular weight is 206 g/mol. The quantitative estimate of drug-likeness (QED) is 0.684. The van der Waals surface area contributed by atoms with E-state index >= 15 is 0 Å². The Kier molecular flexibility index (Phi) is 3.42. The fraction of sp³-hybridized carbons (Fsp3) is 0.455. The van der Waals surface area contributed by atoms with Crippen LogP contribution in [0, 0.1) is 0 Å². The summed E-state index contributed by atoms with van der Waals surface area (Å²) in [5, 5.41) is 0. The predicted octanol–water partition coefficient (Wildman–Crippen LogP) is 0.726. The Morgan fingerprint density at radius 3 is 2.80 bits per heavy atom. The molecule has 15 heavy (non-hydrogen) atoms. The molecule has 0 saturated carbocycles. The van der Waals surface area contributed by atoms with Gasteiger partial charge in [0.1, 0.15) is 0 Å². The number of pyridine rings is 1. The van der Waals surface area contributed by atoms with Crippen molar-refractivity contribution in [3.63, 3.8) is 0 Å². The third-order valence-electron chi connectivity index (χ3n) is 2.47. The molecule has 1 aromatic rings. The number of aldehydes is 1. The van der Waals surface area contributed by atoms with Crippen LogP contribution in [0.2, 0.25) is 0 Å². The molecule has 0 aromatic carbocycles. The minimum absolute atomic E-state index is 0.626. The van der Waals surface area contributed by atoms with E-state index < -0.39 is 0 Å². The highest BCUT2D eigenvalue weighted by molar-refractivity contribution is 5.73. The first kappa shape index (κ1) is 10.3. The maximum absolute atomic E-state index is 10.4. The fourth-order valence-electron chi connectivity index (χ4n) is 1.59. The lowest BCUT2D eigenvalue weighted by molar-refractivity contribution is 0.0336. The second-order valence-corrected chi connectivity index (χ2v) is 3.59. The first-order valence-electron chi connectivity index (χ1n) is 5.09. The van der Waals surface area contributed by atoms with Crippen LogP contribution in [0.4, 0.5) is 0 Å². The Hall–Kier alpha value is -1.26. The van der Waals surface area contributed by atoms with Gasteiger partial charge in [0.2, 0.25) is 0 Å². The van der Waals surface area contributed by atoms with E-state index in [4.69, 9.17) is 4.74 Å². The number of aromatic nitrogens is 1. The van der Waals surface area contributed by atoms with Gasteiger partial charge in [0.25, 0.3) is 0 Å². The van der Waals surface area contributed by atoms with Crippen molar-refractivity contribution in [1.29, 1.82) is 0 Å². The Morgan fingerprint density at radius 2 is 2.20 bits per heavy atom. The third kappa shape index (κ3) is 2.84. The molecule has 0 amide bonds. The number of carbonyl (C=O) groups is 1. The minimum atomic E-state index is 0.626. The number of morpholine rings is 1. The normalized spacial score (nSPS) is 17.6. The van der Waals surface area contributed by atoms with Gasteiger partial charge in [-0.05, 0) is 12.1 Å². The molecule has 1 aliphatic heterocycles. The molecule has 0 spiro atoms. The van der Waals surface area contributed by atoms with E-state index in [1.807, 2.05) is 6.07 Å². The van der Waals surface area contributed by atoms with E-state index in [1.54, 1.807) is 12.3 Å². The fourth-order valence-corrected chi connectivity index (χ4v) is 1.59. The molecular weight excluding hydrogens is 192 g/mol. The van der Waals surface area contributed by atoms with Crippen molar-refractivity contribution in [2.45, 2.75) is 6.54 Å². The summed E-state index contributed by atoms with van der Waals surface area (Å²) in [7, 11) is 0. The molecule has 1 fully saturated rings. The third-order valence-corrected chi connectivity index (χ3v) is 2.47. The zero-order chi connectivity index (χ0) is 10.5. The van der Waals surface area contributed by atoms with Crippen molar-refractivity contribution >= 4 is 6.29 Å². The number of nitrogens with zero attached hydrogens (tertiary/aromatic N) is 2. The number of ether oxygens (including phenoxy) is 1. The van der Waals surface area contributed by atoms with Crippen LogP contribution < -0.4 is 0 Å². The summed E-state index contributed by atoms with van der Waals surface area (Å²) in [6.07, 6.45) is 2.42.